The van der Waals surface area contributed by atoms with Crippen LogP contribution in [0.4, 0.5) is 5.69 Å². The lowest BCUT2D eigenvalue weighted by Gasteiger charge is -2.03. The quantitative estimate of drug-likeness (QED) is 0.484. The van der Waals surface area contributed by atoms with E-state index in [9.17, 15) is 0 Å². The standard InChI is InChI=1S/C12H14N2OS/c13-10-3-4-11-9(8-10)2-5-12(14-11)16-7-1-6-15/h2-5,8,15H,1,6-7,13H2. The zero-order valence-electron chi connectivity index (χ0n) is 8.89. The Bertz CT molecular complexity index is 487. The van der Waals surface area contributed by atoms with Gasteiger partial charge in [-0.1, -0.05) is 6.07 Å². The summed E-state index contributed by atoms with van der Waals surface area (Å²) in [6.07, 6.45) is 0.798. The average Bonchev–Trinajstić information content (AvgIpc) is 2.29. The Morgan fingerprint density at radius 1 is 1.25 bits per heavy atom. The van der Waals surface area contributed by atoms with Crippen molar-refractivity contribution < 1.29 is 5.11 Å². The molecule has 0 aliphatic rings. The minimum absolute atomic E-state index is 0.233. The lowest BCUT2D eigenvalue weighted by atomic mass is 10.2. The van der Waals surface area contributed by atoms with E-state index in [0.717, 1.165) is 33.8 Å². The van der Waals surface area contributed by atoms with Gasteiger partial charge in [0, 0.05) is 23.4 Å². The molecule has 3 nitrogen and oxygen atoms in total. The van der Waals surface area contributed by atoms with Gasteiger partial charge in [-0.15, -0.1) is 11.8 Å². The van der Waals surface area contributed by atoms with Crippen molar-refractivity contribution >= 4 is 28.4 Å². The Labute approximate surface area is 98.7 Å². The van der Waals surface area contributed by atoms with Crippen LogP contribution in [0.25, 0.3) is 10.9 Å². The lowest BCUT2D eigenvalue weighted by molar-refractivity contribution is 0.296. The van der Waals surface area contributed by atoms with Crippen LogP contribution in [0.2, 0.25) is 0 Å². The molecule has 0 aliphatic heterocycles. The molecule has 0 unspecified atom stereocenters. The van der Waals surface area contributed by atoms with Crippen LogP contribution >= 0.6 is 11.8 Å². The summed E-state index contributed by atoms with van der Waals surface area (Å²) >= 11 is 1.66. The number of thioether (sulfide) groups is 1. The third kappa shape index (κ3) is 2.65. The Balaban J connectivity index is 2.20. The van der Waals surface area contributed by atoms with Crippen molar-refractivity contribution in [3.63, 3.8) is 0 Å². The molecule has 1 aromatic carbocycles. The average molecular weight is 234 g/mol. The van der Waals surface area contributed by atoms with Gasteiger partial charge in [0.25, 0.3) is 0 Å². The third-order valence-corrected chi connectivity index (χ3v) is 3.26. The number of hydrogen-bond donors (Lipinski definition) is 2. The van der Waals surface area contributed by atoms with Gasteiger partial charge in [-0.25, -0.2) is 4.98 Å². The summed E-state index contributed by atoms with van der Waals surface area (Å²) in [7, 11) is 0. The smallest absolute Gasteiger partial charge is 0.0967 e. The summed E-state index contributed by atoms with van der Waals surface area (Å²) in [6.45, 7) is 0.233. The first-order valence-electron chi connectivity index (χ1n) is 5.19. The predicted molar refractivity (Wildman–Crippen MR) is 68.6 cm³/mol. The number of pyridine rings is 1. The van der Waals surface area contributed by atoms with E-state index >= 15 is 0 Å². The van der Waals surface area contributed by atoms with E-state index in [0.29, 0.717) is 0 Å². The topological polar surface area (TPSA) is 59.1 Å². The summed E-state index contributed by atoms with van der Waals surface area (Å²) in [6, 6.07) is 9.73. The van der Waals surface area contributed by atoms with Crippen molar-refractivity contribution in [1.82, 2.24) is 4.98 Å². The molecule has 0 amide bonds. The molecule has 0 atom stereocenters. The number of aliphatic hydroxyl groups excluding tert-OH is 1. The molecule has 0 radical (unpaired) electrons. The number of nitrogens with zero attached hydrogens (tertiary/aromatic N) is 1. The van der Waals surface area contributed by atoms with E-state index in [1.54, 1.807) is 11.8 Å². The van der Waals surface area contributed by atoms with Gasteiger partial charge in [-0.2, -0.15) is 0 Å². The summed E-state index contributed by atoms with van der Waals surface area (Å²) in [5, 5.41) is 10.8. The van der Waals surface area contributed by atoms with Crippen LogP contribution < -0.4 is 5.73 Å². The molecule has 1 heterocycles. The third-order valence-electron chi connectivity index (χ3n) is 2.24. The van der Waals surface area contributed by atoms with Crippen molar-refractivity contribution in [2.24, 2.45) is 0 Å². The minimum atomic E-state index is 0.233. The second-order valence-electron chi connectivity index (χ2n) is 3.53. The van der Waals surface area contributed by atoms with Crippen molar-refractivity contribution in [1.29, 1.82) is 0 Å². The predicted octanol–water partition coefficient (Wildman–Crippen LogP) is 2.29. The van der Waals surface area contributed by atoms with Crippen molar-refractivity contribution in [2.75, 3.05) is 18.1 Å². The van der Waals surface area contributed by atoms with E-state index in [2.05, 4.69) is 4.98 Å². The first-order valence-corrected chi connectivity index (χ1v) is 6.18. The monoisotopic (exact) mass is 234 g/mol. The molecular formula is C12H14N2OS. The molecule has 3 N–H and O–H groups in total. The minimum Gasteiger partial charge on any atom is -0.399 e. The lowest BCUT2D eigenvalue weighted by Crippen LogP contribution is -1.89. The van der Waals surface area contributed by atoms with Gasteiger partial charge < -0.3 is 10.8 Å². The normalized spacial score (nSPS) is 10.8. The van der Waals surface area contributed by atoms with Gasteiger partial charge in [-0.05, 0) is 30.7 Å². The number of anilines is 1. The molecule has 1 aromatic heterocycles. The molecule has 16 heavy (non-hydrogen) atoms. The fraction of sp³-hybridized carbons (Fsp3) is 0.250. The number of hydrogen-bond acceptors (Lipinski definition) is 4. The van der Waals surface area contributed by atoms with Gasteiger partial charge in [-0.3, -0.25) is 0 Å². The number of rotatable bonds is 4. The second kappa shape index (κ2) is 5.18. The molecule has 84 valence electrons. The molecule has 0 saturated carbocycles. The molecular weight excluding hydrogens is 220 g/mol. The first-order chi connectivity index (χ1) is 7.79. The first kappa shape index (κ1) is 11.2. The zero-order valence-corrected chi connectivity index (χ0v) is 9.70. The maximum atomic E-state index is 8.70. The van der Waals surface area contributed by atoms with Crippen LogP contribution in [0, 0.1) is 0 Å². The second-order valence-corrected chi connectivity index (χ2v) is 4.64. The van der Waals surface area contributed by atoms with Gasteiger partial charge in [0.2, 0.25) is 0 Å². The number of fused-ring (bicyclic) bond motifs is 1. The maximum absolute atomic E-state index is 8.70. The summed E-state index contributed by atoms with van der Waals surface area (Å²) in [5.74, 6) is 0.893. The highest BCUT2D eigenvalue weighted by Gasteiger charge is 1.99. The zero-order chi connectivity index (χ0) is 11.4. The van der Waals surface area contributed by atoms with Crippen molar-refractivity contribution in [2.45, 2.75) is 11.4 Å². The highest BCUT2D eigenvalue weighted by Crippen LogP contribution is 2.21. The van der Waals surface area contributed by atoms with E-state index < -0.39 is 0 Å². The van der Waals surface area contributed by atoms with Crippen LogP contribution in [-0.2, 0) is 0 Å². The van der Waals surface area contributed by atoms with Crippen LogP contribution in [0.5, 0.6) is 0 Å². The molecule has 0 fully saturated rings. The van der Waals surface area contributed by atoms with Crippen LogP contribution in [0.3, 0.4) is 0 Å². The molecule has 0 aliphatic carbocycles. The largest absolute Gasteiger partial charge is 0.399 e. The van der Waals surface area contributed by atoms with Crippen LogP contribution in [0.15, 0.2) is 35.4 Å². The van der Waals surface area contributed by atoms with Gasteiger partial charge >= 0.3 is 0 Å². The van der Waals surface area contributed by atoms with Crippen molar-refractivity contribution in [3.8, 4) is 0 Å². The van der Waals surface area contributed by atoms with E-state index in [1.807, 2.05) is 30.3 Å². The van der Waals surface area contributed by atoms with Gasteiger partial charge in [0.05, 0.1) is 10.5 Å². The van der Waals surface area contributed by atoms with Gasteiger partial charge in [0.15, 0.2) is 0 Å². The summed E-state index contributed by atoms with van der Waals surface area (Å²) in [5.41, 5.74) is 7.42. The molecule has 2 aromatic rings. The summed E-state index contributed by atoms with van der Waals surface area (Å²) < 4.78 is 0. The van der Waals surface area contributed by atoms with E-state index in [-0.39, 0.29) is 6.61 Å². The van der Waals surface area contributed by atoms with Gasteiger partial charge in [0.1, 0.15) is 0 Å². The highest BCUT2D eigenvalue weighted by molar-refractivity contribution is 7.99. The SMILES string of the molecule is Nc1ccc2nc(SCCCO)ccc2c1. The molecule has 0 spiro atoms. The van der Waals surface area contributed by atoms with Crippen LogP contribution in [-0.4, -0.2) is 22.5 Å². The summed E-state index contributed by atoms with van der Waals surface area (Å²) in [4.78, 5) is 4.51. The molecule has 0 saturated heterocycles. The Kier molecular flexibility index (Phi) is 3.64. The number of benzene rings is 1. The Morgan fingerprint density at radius 2 is 2.12 bits per heavy atom. The molecule has 2 rings (SSSR count). The number of aromatic nitrogens is 1. The van der Waals surface area contributed by atoms with E-state index in [4.69, 9.17) is 10.8 Å². The highest BCUT2D eigenvalue weighted by atomic mass is 32.2. The molecule has 4 heteroatoms. The Hall–Kier alpha value is -1.26. The van der Waals surface area contributed by atoms with Crippen molar-refractivity contribution in [3.05, 3.63) is 30.3 Å². The van der Waals surface area contributed by atoms with Crippen LogP contribution in [0.1, 0.15) is 6.42 Å². The fourth-order valence-corrected chi connectivity index (χ4v) is 2.26. The number of nitrogen functional groups attached to an aromatic ring is 1. The number of aliphatic hydroxyl groups is 1. The fourth-order valence-electron chi connectivity index (χ4n) is 1.45. The Morgan fingerprint density at radius 3 is 2.94 bits per heavy atom. The maximum Gasteiger partial charge on any atom is 0.0967 e. The number of nitrogens with two attached hydrogens (primary N) is 1. The van der Waals surface area contributed by atoms with E-state index in [1.165, 1.54) is 0 Å². The molecule has 0 bridgehead atoms.